The number of halogens is 1. The molecule has 9 heteroatoms. The Kier molecular flexibility index (Phi) is 6.84. The minimum Gasteiger partial charge on any atom is -0.459 e. The second-order valence-electron chi connectivity index (χ2n) is 9.44. The summed E-state index contributed by atoms with van der Waals surface area (Å²) in [5.74, 6) is -0.0888. The fraction of sp³-hybridized carbons (Fsp3) is 0.129. The van der Waals surface area contributed by atoms with Crippen LogP contribution in [0.15, 0.2) is 105 Å². The summed E-state index contributed by atoms with van der Waals surface area (Å²) in [5, 5.41) is 4.20. The molecule has 1 saturated heterocycles. The van der Waals surface area contributed by atoms with Gasteiger partial charge < -0.3 is 24.0 Å². The van der Waals surface area contributed by atoms with Crippen molar-refractivity contribution in [2.75, 3.05) is 36.4 Å². The third-order valence-electron chi connectivity index (χ3n) is 6.94. The third kappa shape index (κ3) is 5.09. The van der Waals surface area contributed by atoms with Crippen molar-refractivity contribution in [1.29, 1.82) is 0 Å². The number of piperazine rings is 1. The van der Waals surface area contributed by atoms with Crippen LogP contribution < -0.4 is 15.8 Å². The third-order valence-corrected chi connectivity index (χ3v) is 7.25. The fourth-order valence-corrected chi connectivity index (χ4v) is 5.12. The van der Waals surface area contributed by atoms with E-state index in [2.05, 4.69) is 10.2 Å². The van der Waals surface area contributed by atoms with Gasteiger partial charge in [0, 0.05) is 42.8 Å². The lowest BCUT2D eigenvalue weighted by Crippen LogP contribution is -2.48. The van der Waals surface area contributed by atoms with Crippen LogP contribution >= 0.6 is 11.6 Å². The maximum atomic E-state index is 12.9. The minimum atomic E-state index is -0.434. The van der Waals surface area contributed by atoms with Gasteiger partial charge in [-0.05, 0) is 60.2 Å². The number of furan rings is 1. The average molecular weight is 554 g/mol. The number of fused-ring (bicyclic) bond motifs is 1. The van der Waals surface area contributed by atoms with Crippen molar-refractivity contribution in [3.05, 3.63) is 118 Å². The molecule has 0 saturated carbocycles. The Morgan fingerprint density at radius 1 is 0.850 bits per heavy atom. The number of carbonyl (C=O) groups excluding carboxylic acids is 2. The van der Waals surface area contributed by atoms with Crippen LogP contribution in [0.4, 0.5) is 11.4 Å². The van der Waals surface area contributed by atoms with E-state index in [1.165, 1.54) is 6.26 Å². The highest BCUT2D eigenvalue weighted by atomic mass is 35.5. The Morgan fingerprint density at radius 2 is 1.62 bits per heavy atom. The van der Waals surface area contributed by atoms with E-state index in [9.17, 15) is 14.4 Å². The normalized spacial score (nSPS) is 13.4. The standard InChI is InChI=1S/C31H24ClN3O5/c32-25-19-23(11-12-26(25)34-13-15-35(16-14-34)30(37)28-6-3-17-39-28)33-29(36)21-9-7-20(8-10-21)24-18-22-4-1-2-5-27(22)40-31(24)38/h1-12,17-19H,13-16H2,(H,33,36). The van der Waals surface area contributed by atoms with Crippen molar-refractivity contribution < 1.29 is 18.4 Å². The van der Waals surface area contributed by atoms with Crippen LogP contribution in [-0.4, -0.2) is 42.9 Å². The van der Waals surface area contributed by atoms with E-state index in [1.54, 1.807) is 65.6 Å². The Labute approximate surface area is 234 Å². The summed E-state index contributed by atoms with van der Waals surface area (Å²) in [6, 6.07) is 24.6. The Hall–Kier alpha value is -4.82. The highest BCUT2D eigenvalue weighted by Crippen LogP contribution is 2.30. The van der Waals surface area contributed by atoms with E-state index >= 15 is 0 Å². The smallest absolute Gasteiger partial charge is 0.344 e. The lowest BCUT2D eigenvalue weighted by Gasteiger charge is -2.36. The van der Waals surface area contributed by atoms with E-state index in [0.29, 0.717) is 64.9 Å². The predicted molar refractivity (Wildman–Crippen MR) is 154 cm³/mol. The second kappa shape index (κ2) is 10.7. The summed E-state index contributed by atoms with van der Waals surface area (Å²) in [5.41, 5.74) is 3.02. The molecule has 3 aromatic carbocycles. The van der Waals surface area contributed by atoms with Gasteiger partial charge in [0.05, 0.1) is 22.5 Å². The minimum absolute atomic E-state index is 0.123. The van der Waals surface area contributed by atoms with E-state index in [0.717, 1.165) is 11.1 Å². The molecule has 40 heavy (non-hydrogen) atoms. The van der Waals surface area contributed by atoms with Gasteiger partial charge in [0.15, 0.2) is 5.76 Å². The first-order chi connectivity index (χ1) is 19.5. The molecule has 1 fully saturated rings. The lowest BCUT2D eigenvalue weighted by molar-refractivity contribution is 0.0714. The molecule has 200 valence electrons. The molecular weight excluding hydrogens is 530 g/mol. The van der Waals surface area contributed by atoms with Crippen molar-refractivity contribution in [2.24, 2.45) is 0 Å². The summed E-state index contributed by atoms with van der Waals surface area (Å²) in [6.45, 7) is 2.34. The molecule has 0 atom stereocenters. The van der Waals surface area contributed by atoms with Gasteiger partial charge in [-0.1, -0.05) is 41.9 Å². The van der Waals surface area contributed by atoms with Gasteiger partial charge in [0.2, 0.25) is 0 Å². The molecule has 2 amide bonds. The topological polar surface area (TPSA) is 96.0 Å². The zero-order chi connectivity index (χ0) is 27.6. The molecule has 1 aliphatic heterocycles. The highest BCUT2D eigenvalue weighted by molar-refractivity contribution is 6.33. The van der Waals surface area contributed by atoms with Crippen LogP contribution in [0.25, 0.3) is 22.1 Å². The van der Waals surface area contributed by atoms with Gasteiger partial charge in [-0.25, -0.2) is 4.79 Å². The SMILES string of the molecule is O=C(Nc1ccc(N2CCN(C(=O)c3ccco3)CC2)c(Cl)c1)c1ccc(-c2cc3ccccc3oc2=O)cc1. The van der Waals surface area contributed by atoms with Gasteiger partial charge in [-0.2, -0.15) is 0 Å². The van der Waals surface area contributed by atoms with E-state index in [-0.39, 0.29) is 11.8 Å². The number of para-hydroxylation sites is 1. The van der Waals surface area contributed by atoms with Crippen molar-refractivity contribution in [1.82, 2.24) is 4.90 Å². The van der Waals surface area contributed by atoms with Crippen molar-refractivity contribution in [2.45, 2.75) is 0 Å². The molecule has 5 aromatic rings. The number of rotatable bonds is 5. The van der Waals surface area contributed by atoms with Crippen LogP contribution in [0.3, 0.4) is 0 Å². The summed E-state index contributed by atoms with van der Waals surface area (Å²) >= 11 is 6.59. The quantitative estimate of drug-likeness (QED) is 0.271. The molecule has 1 aliphatic rings. The number of nitrogens with zero attached hydrogens (tertiary/aromatic N) is 2. The van der Waals surface area contributed by atoms with Gasteiger partial charge in [-0.15, -0.1) is 0 Å². The molecule has 0 radical (unpaired) electrons. The van der Waals surface area contributed by atoms with E-state index in [4.69, 9.17) is 20.4 Å². The van der Waals surface area contributed by atoms with Crippen molar-refractivity contribution in [3.8, 4) is 11.1 Å². The average Bonchev–Trinajstić information content (AvgIpc) is 3.52. The first-order valence-corrected chi connectivity index (χ1v) is 13.2. The largest absolute Gasteiger partial charge is 0.459 e. The molecule has 0 spiro atoms. The molecule has 3 heterocycles. The number of nitrogens with one attached hydrogen (secondary N) is 1. The van der Waals surface area contributed by atoms with Gasteiger partial charge in [0.1, 0.15) is 5.58 Å². The molecule has 0 bridgehead atoms. The number of anilines is 2. The van der Waals surface area contributed by atoms with Gasteiger partial charge in [-0.3, -0.25) is 9.59 Å². The summed E-state index contributed by atoms with van der Waals surface area (Å²) in [6.07, 6.45) is 1.49. The van der Waals surface area contributed by atoms with Crippen LogP contribution in [0.1, 0.15) is 20.9 Å². The predicted octanol–water partition coefficient (Wildman–Crippen LogP) is 5.92. The molecule has 0 aliphatic carbocycles. The van der Waals surface area contributed by atoms with E-state index < -0.39 is 5.63 Å². The molecular formula is C31H24ClN3O5. The Bertz CT molecular complexity index is 1750. The molecule has 2 aromatic heterocycles. The van der Waals surface area contributed by atoms with Crippen molar-refractivity contribution in [3.63, 3.8) is 0 Å². The zero-order valence-electron chi connectivity index (χ0n) is 21.3. The zero-order valence-corrected chi connectivity index (χ0v) is 22.1. The molecule has 1 N–H and O–H groups in total. The highest BCUT2D eigenvalue weighted by Gasteiger charge is 2.25. The molecule has 8 nitrogen and oxygen atoms in total. The number of carbonyl (C=O) groups is 2. The monoisotopic (exact) mass is 553 g/mol. The maximum absolute atomic E-state index is 12.9. The second-order valence-corrected chi connectivity index (χ2v) is 9.85. The first-order valence-electron chi connectivity index (χ1n) is 12.8. The number of amides is 2. The van der Waals surface area contributed by atoms with Crippen LogP contribution in [0.5, 0.6) is 0 Å². The number of hydrogen-bond donors (Lipinski definition) is 1. The van der Waals surface area contributed by atoms with Gasteiger partial charge in [0.25, 0.3) is 11.8 Å². The summed E-state index contributed by atoms with van der Waals surface area (Å²) < 4.78 is 10.7. The summed E-state index contributed by atoms with van der Waals surface area (Å²) in [4.78, 5) is 41.8. The summed E-state index contributed by atoms with van der Waals surface area (Å²) in [7, 11) is 0. The number of hydrogen-bond acceptors (Lipinski definition) is 6. The van der Waals surface area contributed by atoms with E-state index in [1.807, 2.05) is 24.3 Å². The Balaban J connectivity index is 1.10. The lowest BCUT2D eigenvalue weighted by atomic mass is 10.0. The van der Waals surface area contributed by atoms with Crippen molar-refractivity contribution >= 4 is 45.8 Å². The van der Waals surface area contributed by atoms with Crippen LogP contribution in [0, 0.1) is 0 Å². The number of benzene rings is 3. The molecule has 0 unspecified atom stereocenters. The molecule has 6 rings (SSSR count). The fourth-order valence-electron chi connectivity index (χ4n) is 4.82. The van der Waals surface area contributed by atoms with Crippen LogP contribution in [0.2, 0.25) is 5.02 Å². The maximum Gasteiger partial charge on any atom is 0.344 e. The van der Waals surface area contributed by atoms with Gasteiger partial charge >= 0.3 is 5.63 Å². The Morgan fingerprint density at radius 3 is 2.35 bits per heavy atom. The van der Waals surface area contributed by atoms with Crippen LogP contribution in [-0.2, 0) is 0 Å². The first kappa shape index (κ1) is 25.5.